The molecule has 3 fully saturated rings. The van der Waals surface area contributed by atoms with Crippen LogP contribution in [0.1, 0.15) is 66.9 Å². The first-order chi connectivity index (χ1) is 15.7. The topological polar surface area (TPSA) is 39.3 Å². The molecule has 1 N–H and O–H groups in total. The number of fused-ring (bicyclic) bond motifs is 1. The lowest BCUT2D eigenvalue weighted by Crippen LogP contribution is -2.63. The van der Waals surface area contributed by atoms with Gasteiger partial charge >= 0.3 is 0 Å². The molecule has 4 heteroatoms. The Labute approximate surface area is 190 Å². The number of aromatic amines is 1. The summed E-state index contributed by atoms with van der Waals surface area (Å²) in [6.45, 7) is 2.97. The molecular formula is C28H33N3O. The molecule has 3 aromatic rings. The number of hydrogen-bond donors (Lipinski definition) is 1. The van der Waals surface area contributed by atoms with Crippen LogP contribution in [0, 0.1) is 5.41 Å². The molecule has 1 spiro atoms. The van der Waals surface area contributed by atoms with Gasteiger partial charge in [0.25, 0.3) is 5.91 Å². The first kappa shape index (κ1) is 20.0. The van der Waals surface area contributed by atoms with Crippen molar-refractivity contribution in [2.75, 3.05) is 19.6 Å². The Bertz CT molecular complexity index is 1090. The Morgan fingerprint density at radius 2 is 1.72 bits per heavy atom. The van der Waals surface area contributed by atoms with E-state index in [0.717, 1.165) is 42.4 Å². The molecule has 3 aliphatic rings. The van der Waals surface area contributed by atoms with Crippen LogP contribution in [-0.2, 0) is 0 Å². The maximum Gasteiger partial charge on any atom is 0.253 e. The maximum absolute atomic E-state index is 13.2. The highest BCUT2D eigenvalue weighted by molar-refractivity contribution is 5.98. The summed E-state index contributed by atoms with van der Waals surface area (Å²) in [5.41, 5.74) is 3.88. The highest BCUT2D eigenvalue weighted by Gasteiger charge is 2.54. The fourth-order valence-corrected chi connectivity index (χ4v) is 6.76. The van der Waals surface area contributed by atoms with E-state index in [2.05, 4.69) is 45.1 Å². The van der Waals surface area contributed by atoms with Gasteiger partial charge in [-0.05, 0) is 55.5 Å². The summed E-state index contributed by atoms with van der Waals surface area (Å²) in [4.78, 5) is 21.2. The van der Waals surface area contributed by atoms with Gasteiger partial charge in [-0.15, -0.1) is 0 Å². The SMILES string of the molecule is O=C(c1ccc2[nH]ccc2c1)N1CCC(N2CC3(CCCCC3)C2c2ccccc2)CC1. The number of nitrogens with one attached hydrogen (secondary N) is 1. The first-order valence-corrected chi connectivity index (χ1v) is 12.4. The number of hydrogen-bond acceptors (Lipinski definition) is 2. The number of carbonyl (C=O) groups is 1. The number of amides is 1. The molecular weight excluding hydrogens is 394 g/mol. The van der Waals surface area contributed by atoms with Crippen molar-refractivity contribution in [3.05, 3.63) is 71.9 Å². The van der Waals surface area contributed by atoms with Crippen LogP contribution in [0.25, 0.3) is 10.9 Å². The van der Waals surface area contributed by atoms with E-state index in [4.69, 9.17) is 0 Å². The van der Waals surface area contributed by atoms with Gasteiger partial charge in [-0.2, -0.15) is 0 Å². The Morgan fingerprint density at radius 1 is 0.938 bits per heavy atom. The van der Waals surface area contributed by atoms with Crippen LogP contribution >= 0.6 is 0 Å². The molecule has 1 atom stereocenters. The molecule has 1 saturated carbocycles. The molecule has 166 valence electrons. The van der Waals surface area contributed by atoms with Crippen LogP contribution in [0.3, 0.4) is 0 Å². The first-order valence-electron chi connectivity index (χ1n) is 12.4. The van der Waals surface area contributed by atoms with E-state index in [1.54, 1.807) is 0 Å². The second-order valence-electron chi connectivity index (χ2n) is 10.2. The van der Waals surface area contributed by atoms with E-state index in [1.165, 1.54) is 44.2 Å². The van der Waals surface area contributed by atoms with Gasteiger partial charge in [0.1, 0.15) is 0 Å². The molecule has 3 heterocycles. The molecule has 0 radical (unpaired) electrons. The largest absolute Gasteiger partial charge is 0.361 e. The lowest BCUT2D eigenvalue weighted by molar-refractivity contribution is -0.132. The number of aromatic nitrogens is 1. The summed E-state index contributed by atoms with van der Waals surface area (Å²) in [6, 6.07) is 20.4. The van der Waals surface area contributed by atoms with Crippen LogP contribution < -0.4 is 0 Å². The van der Waals surface area contributed by atoms with E-state index in [9.17, 15) is 4.79 Å². The zero-order valence-electron chi connectivity index (χ0n) is 18.8. The molecule has 0 bridgehead atoms. The van der Waals surface area contributed by atoms with Gasteiger partial charge < -0.3 is 9.88 Å². The Balaban J connectivity index is 1.15. The maximum atomic E-state index is 13.2. The Morgan fingerprint density at radius 3 is 2.50 bits per heavy atom. The van der Waals surface area contributed by atoms with E-state index in [-0.39, 0.29) is 5.91 Å². The number of nitrogens with zero attached hydrogens (tertiary/aromatic N) is 2. The van der Waals surface area contributed by atoms with Crippen LogP contribution in [0.15, 0.2) is 60.8 Å². The summed E-state index contributed by atoms with van der Waals surface area (Å²) in [5, 5.41) is 1.11. The van der Waals surface area contributed by atoms with Crippen molar-refractivity contribution in [2.24, 2.45) is 5.41 Å². The van der Waals surface area contributed by atoms with Crippen LogP contribution in [0.4, 0.5) is 0 Å². The smallest absolute Gasteiger partial charge is 0.253 e. The third-order valence-electron chi connectivity index (χ3n) is 8.39. The van der Waals surface area contributed by atoms with Gasteiger partial charge in [0.2, 0.25) is 0 Å². The number of piperidine rings is 1. The molecule has 1 amide bonds. The summed E-state index contributed by atoms with van der Waals surface area (Å²) in [5.74, 6) is 0.179. The zero-order chi connectivity index (χ0) is 21.5. The molecule has 2 saturated heterocycles. The minimum atomic E-state index is 0.179. The Hall–Kier alpha value is -2.59. The van der Waals surface area contributed by atoms with Crippen LogP contribution in [0.5, 0.6) is 0 Å². The standard InChI is InChI=1S/C28H33N3O/c32-27(23-9-10-25-22(19-23)11-16-29-25)30-17-12-24(13-18-30)31-20-28(14-5-2-6-15-28)26(31)21-7-3-1-4-8-21/h1,3-4,7-11,16,19,24,26,29H,2,5-6,12-15,17-18,20H2. The van der Waals surface area contributed by atoms with Crippen molar-refractivity contribution in [3.8, 4) is 0 Å². The van der Waals surface area contributed by atoms with Gasteiger partial charge in [0.05, 0.1) is 0 Å². The quantitative estimate of drug-likeness (QED) is 0.575. The molecule has 2 aliphatic heterocycles. The third kappa shape index (κ3) is 3.36. The van der Waals surface area contributed by atoms with E-state index in [1.807, 2.05) is 30.5 Å². The highest BCUT2D eigenvalue weighted by Crippen LogP contribution is 2.58. The number of benzene rings is 2. The second kappa shape index (κ2) is 8.08. The lowest BCUT2D eigenvalue weighted by Gasteiger charge is -2.63. The van der Waals surface area contributed by atoms with Crippen molar-refractivity contribution < 1.29 is 4.79 Å². The van der Waals surface area contributed by atoms with Crippen molar-refractivity contribution in [3.63, 3.8) is 0 Å². The fraction of sp³-hybridized carbons (Fsp3) is 0.464. The van der Waals surface area contributed by atoms with Gasteiger partial charge in [-0.25, -0.2) is 0 Å². The number of carbonyl (C=O) groups excluding carboxylic acids is 1. The van der Waals surface area contributed by atoms with Crippen molar-refractivity contribution in [2.45, 2.75) is 57.0 Å². The molecule has 32 heavy (non-hydrogen) atoms. The van der Waals surface area contributed by atoms with Gasteiger partial charge in [-0.3, -0.25) is 9.69 Å². The average Bonchev–Trinajstić information content (AvgIpc) is 3.32. The van der Waals surface area contributed by atoms with Crippen LogP contribution in [-0.4, -0.2) is 46.4 Å². The second-order valence-corrected chi connectivity index (χ2v) is 10.2. The Kier molecular flexibility index (Phi) is 5.06. The lowest BCUT2D eigenvalue weighted by atomic mass is 9.60. The predicted octanol–water partition coefficient (Wildman–Crippen LogP) is 5.78. The number of rotatable bonds is 3. The zero-order valence-corrected chi connectivity index (χ0v) is 18.8. The van der Waals surface area contributed by atoms with E-state index >= 15 is 0 Å². The van der Waals surface area contributed by atoms with Gasteiger partial charge in [0, 0.05) is 59.8 Å². The van der Waals surface area contributed by atoms with E-state index < -0.39 is 0 Å². The van der Waals surface area contributed by atoms with Crippen molar-refractivity contribution in [1.82, 2.24) is 14.8 Å². The minimum Gasteiger partial charge on any atom is -0.361 e. The van der Waals surface area contributed by atoms with E-state index in [0.29, 0.717) is 17.5 Å². The van der Waals surface area contributed by atoms with Gasteiger partial charge in [-0.1, -0.05) is 49.6 Å². The van der Waals surface area contributed by atoms with Crippen molar-refractivity contribution >= 4 is 16.8 Å². The number of H-pyrrole nitrogens is 1. The summed E-state index contributed by atoms with van der Waals surface area (Å²) in [6.07, 6.45) is 11.0. The summed E-state index contributed by atoms with van der Waals surface area (Å²) >= 11 is 0. The molecule has 1 unspecified atom stereocenters. The average molecular weight is 428 g/mol. The minimum absolute atomic E-state index is 0.179. The van der Waals surface area contributed by atoms with Crippen LogP contribution in [0.2, 0.25) is 0 Å². The normalized spacial score (nSPS) is 24.0. The monoisotopic (exact) mass is 427 g/mol. The molecule has 6 rings (SSSR count). The molecule has 2 aromatic carbocycles. The summed E-state index contributed by atoms with van der Waals surface area (Å²) < 4.78 is 0. The summed E-state index contributed by atoms with van der Waals surface area (Å²) in [7, 11) is 0. The molecule has 4 nitrogen and oxygen atoms in total. The van der Waals surface area contributed by atoms with Gasteiger partial charge in [0.15, 0.2) is 0 Å². The molecule has 1 aromatic heterocycles. The third-order valence-corrected chi connectivity index (χ3v) is 8.39. The number of likely N-dealkylation sites (tertiary alicyclic amines) is 2. The predicted molar refractivity (Wildman–Crippen MR) is 129 cm³/mol. The highest BCUT2D eigenvalue weighted by atomic mass is 16.2. The fourth-order valence-electron chi connectivity index (χ4n) is 6.76. The van der Waals surface area contributed by atoms with Crippen molar-refractivity contribution in [1.29, 1.82) is 0 Å². The molecule has 1 aliphatic carbocycles.